The third kappa shape index (κ3) is 7.90. The van der Waals surface area contributed by atoms with Gasteiger partial charge in [-0.25, -0.2) is 9.67 Å². The molecule has 0 aliphatic heterocycles. The Morgan fingerprint density at radius 1 is 0.905 bits per heavy atom. The first-order valence-electron chi connectivity index (χ1n) is 13.1. The molecule has 2 atom stereocenters. The van der Waals surface area contributed by atoms with Crippen molar-refractivity contribution in [1.82, 2.24) is 19.7 Å². The topological polar surface area (TPSA) is 133 Å². The molecule has 0 bridgehead atoms. The molecule has 210 valence electrons. The van der Waals surface area contributed by atoms with Crippen molar-refractivity contribution in [2.75, 3.05) is 5.32 Å². The van der Waals surface area contributed by atoms with Gasteiger partial charge in [0.05, 0.1) is 24.3 Å². The fourth-order valence-electron chi connectivity index (χ4n) is 4.46. The number of aliphatic carboxylic acids is 1. The van der Waals surface area contributed by atoms with Crippen LogP contribution in [0.1, 0.15) is 21.3 Å². The molecule has 3 aromatic carbocycles. The zero-order valence-electron chi connectivity index (χ0n) is 24.8. The average molecular weight is 590 g/mol. The molecule has 0 spiro atoms. The van der Waals surface area contributed by atoms with Crippen LogP contribution in [-0.4, -0.2) is 91.0 Å². The van der Waals surface area contributed by atoms with E-state index < -0.39 is 24.6 Å². The molecule has 0 saturated carbocycles. The zero-order chi connectivity index (χ0) is 28.6. The largest absolute Gasteiger partial charge is 2.00 e. The number of aromatic nitrogens is 4. The Balaban J connectivity index is 0.00000225. The van der Waals surface area contributed by atoms with Gasteiger partial charge in [-0.2, -0.15) is 10.1 Å². The Morgan fingerprint density at radius 2 is 1.52 bits per heavy atom. The van der Waals surface area contributed by atoms with Crippen molar-refractivity contribution in [3.63, 3.8) is 0 Å². The number of carbonyl (C=O) groups is 1. The van der Waals surface area contributed by atoms with E-state index in [-0.39, 0.29) is 47.0 Å². The molecule has 0 amide bonds. The fourth-order valence-corrected chi connectivity index (χ4v) is 4.46. The van der Waals surface area contributed by atoms with Gasteiger partial charge in [0.25, 0.3) is 0 Å². The first-order chi connectivity index (χ1) is 20.0. The van der Waals surface area contributed by atoms with Crippen LogP contribution in [0.15, 0.2) is 109 Å². The monoisotopic (exact) mass is 589 g/mol. The number of carboxylic acid groups (broad SMARTS) is 1. The maximum Gasteiger partial charge on any atom is 2.00 e. The van der Waals surface area contributed by atoms with Crippen LogP contribution in [0.3, 0.4) is 0 Å². The Labute approximate surface area is 276 Å². The molecule has 4 N–H and O–H groups in total. The summed E-state index contributed by atoms with van der Waals surface area (Å²) >= 11 is 0. The number of carboxylic acids is 1. The summed E-state index contributed by atoms with van der Waals surface area (Å²) in [5.41, 5.74) is 4.71. The first-order valence-corrected chi connectivity index (χ1v) is 13.1. The van der Waals surface area contributed by atoms with Gasteiger partial charge in [-0.1, -0.05) is 91.0 Å². The number of aliphatic hydroxyl groups is 2. The van der Waals surface area contributed by atoms with Crippen molar-refractivity contribution in [3.05, 3.63) is 115 Å². The number of nitrogens with zero attached hydrogens (tertiary/aromatic N) is 4. The molecule has 2 heterocycles. The molecule has 0 saturated heterocycles. The number of aliphatic hydroxyl groups excluding tert-OH is 2. The molecule has 0 radical (unpaired) electrons. The summed E-state index contributed by atoms with van der Waals surface area (Å²) in [4.78, 5) is 20.1. The molecule has 0 fully saturated rings. The number of para-hydroxylation sites is 1. The van der Waals surface area contributed by atoms with Crippen molar-refractivity contribution in [1.29, 1.82) is 0 Å². The van der Waals surface area contributed by atoms with E-state index >= 15 is 0 Å². The minimum Gasteiger partial charge on any atom is -1.00 e. The molecular weight excluding hydrogens is 558 g/mol. The molecule has 42 heavy (non-hydrogen) atoms. The molecule has 10 heteroatoms. The smallest absolute Gasteiger partial charge is 1.00 e. The summed E-state index contributed by atoms with van der Waals surface area (Å²) in [5.74, 6) is -0.186. The third-order valence-electron chi connectivity index (χ3n) is 6.31. The van der Waals surface area contributed by atoms with E-state index in [0.717, 1.165) is 28.1 Å². The van der Waals surface area contributed by atoms with Crippen LogP contribution in [0.5, 0.6) is 0 Å². The number of hydrogen-bond donors (Lipinski definition) is 4. The van der Waals surface area contributed by atoms with E-state index in [1.807, 2.05) is 91.0 Å². The molecule has 0 unspecified atom stereocenters. The number of hydrogen-bond acceptors (Lipinski definition) is 7. The van der Waals surface area contributed by atoms with Gasteiger partial charge in [-0.05, 0) is 12.1 Å². The van der Waals surface area contributed by atoms with Gasteiger partial charge in [0.2, 0.25) is 5.95 Å². The molecule has 5 rings (SSSR count). The molecular formula is C32H31CaN5O4. The summed E-state index contributed by atoms with van der Waals surface area (Å²) in [6, 6.07) is 30.8. The molecule has 2 aromatic heterocycles. The van der Waals surface area contributed by atoms with Crippen molar-refractivity contribution >= 4 is 61.4 Å². The van der Waals surface area contributed by atoms with Gasteiger partial charge in [0.15, 0.2) is 5.82 Å². The summed E-state index contributed by atoms with van der Waals surface area (Å²) in [6.07, 6.45) is 2.17. The van der Waals surface area contributed by atoms with Crippen LogP contribution < -0.4 is 5.32 Å². The standard InChI is InChI=1S/C32H29N5O4.Ca.2H/c38-25(20-26(39)21-29(40)41)16-17-27-30(22-10-4-1-5-11-22)36-37(31(27)23-12-6-2-7-13-23)28-18-19-33-32(35-28)34-24-14-8-3-9-15-24;;;/h1-19,25-26,38-39H,20-21H2,(H,40,41)(H,33,34,35);;;/q;+2;2*-1/t25-,26-;;;/m1.../s1. The molecule has 5 aromatic rings. The van der Waals surface area contributed by atoms with Crippen LogP contribution in [0.25, 0.3) is 34.4 Å². The van der Waals surface area contributed by atoms with E-state index in [0.29, 0.717) is 17.5 Å². The minimum absolute atomic E-state index is 0. The molecule has 0 aliphatic rings. The Bertz CT molecular complexity index is 1640. The van der Waals surface area contributed by atoms with Crippen LogP contribution in [0.2, 0.25) is 0 Å². The van der Waals surface area contributed by atoms with Crippen molar-refractivity contribution in [3.8, 4) is 28.3 Å². The van der Waals surface area contributed by atoms with Crippen LogP contribution in [-0.2, 0) is 4.79 Å². The van der Waals surface area contributed by atoms with Crippen molar-refractivity contribution in [2.24, 2.45) is 0 Å². The molecule has 0 aliphatic carbocycles. The van der Waals surface area contributed by atoms with Gasteiger partial charge in [0, 0.05) is 41.1 Å². The van der Waals surface area contributed by atoms with Gasteiger partial charge in [-0.3, -0.25) is 4.79 Å². The number of nitrogens with one attached hydrogen (secondary N) is 1. The number of rotatable bonds is 11. The normalized spacial score (nSPS) is 12.4. The van der Waals surface area contributed by atoms with Crippen LogP contribution in [0.4, 0.5) is 11.6 Å². The first kappa shape index (κ1) is 31.1. The van der Waals surface area contributed by atoms with Crippen molar-refractivity contribution in [2.45, 2.75) is 25.0 Å². The Hall–Kier alpha value is -3.86. The quantitative estimate of drug-likeness (QED) is 0.155. The summed E-state index contributed by atoms with van der Waals surface area (Å²) in [6.45, 7) is 0. The second-order valence-corrected chi connectivity index (χ2v) is 9.40. The SMILES string of the molecule is O=C(O)C[C@H](O)C[C@H](O)C=Cc1c(-c2ccccc2)nn(-c2ccnc(Nc3ccccc3)n2)c1-c1ccccc1.[Ca+2].[H-].[H-]. The maximum atomic E-state index is 11.0. The molecule has 9 nitrogen and oxygen atoms in total. The Morgan fingerprint density at radius 3 is 2.17 bits per heavy atom. The van der Waals surface area contributed by atoms with Gasteiger partial charge in [-0.15, -0.1) is 0 Å². The van der Waals surface area contributed by atoms with E-state index in [1.165, 1.54) is 0 Å². The van der Waals surface area contributed by atoms with Crippen LogP contribution in [0, 0.1) is 0 Å². The second-order valence-electron chi connectivity index (χ2n) is 9.40. The van der Waals surface area contributed by atoms with E-state index in [1.54, 1.807) is 29.1 Å². The van der Waals surface area contributed by atoms with E-state index in [2.05, 4.69) is 10.3 Å². The summed E-state index contributed by atoms with van der Waals surface area (Å²) in [5, 5.41) is 37.8. The second kappa shape index (κ2) is 14.9. The van der Waals surface area contributed by atoms with Gasteiger partial charge in [0.1, 0.15) is 5.69 Å². The Kier molecular flexibility index (Phi) is 11.0. The maximum absolute atomic E-state index is 11.0. The van der Waals surface area contributed by atoms with E-state index in [9.17, 15) is 15.0 Å². The minimum atomic E-state index is -1.17. The predicted molar refractivity (Wildman–Crippen MR) is 166 cm³/mol. The number of benzene rings is 3. The van der Waals surface area contributed by atoms with Gasteiger partial charge < -0.3 is 23.5 Å². The zero-order valence-corrected chi connectivity index (χ0v) is 25.0. The summed E-state index contributed by atoms with van der Waals surface area (Å²) < 4.78 is 1.75. The average Bonchev–Trinajstić information content (AvgIpc) is 3.37. The van der Waals surface area contributed by atoms with Gasteiger partial charge >= 0.3 is 43.7 Å². The van der Waals surface area contributed by atoms with Crippen LogP contribution >= 0.6 is 0 Å². The summed E-state index contributed by atoms with van der Waals surface area (Å²) in [7, 11) is 0. The van der Waals surface area contributed by atoms with E-state index in [4.69, 9.17) is 15.2 Å². The third-order valence-corrected chi connectivity index (χ3v) is 6.31. The predicted octanol–water partition coefficient (Wildman–Crippen LogP) is 5.18. The fraction of sp³-hybridized carbons (Fsp3) is 0.125. The van der Waals surface area contributed by atoms with Crippen molar-refractivity contribution < 1.29 is 23.0 Å². The number of anilines is 2.